The van der Waals surface area contributed by atoms with Gasteiger partial charge in [0.1, 0.15) is 5.75 Å². The molecule has 2 aromatic carbocycles. The average molecular weight is 274 g/mol. The van der Waals surface area contributed by atoms with Gasteiger partial charge in [0.15, 0.2) is 0 Å². The van der Waals surface area contributed by atoms with Gasteiger partial charge in [-0.3, -0.25) is 0 Å². The zero-order valence-corrected chi connectivity index (χ0v) is 11.6. The summed E-state index contributed by atoms with van der Waals surface area (Å²) in [6, 6.07) is 11.9. The van der Waals surface area contributed by atoms with Crippen LogP contribution in [0.1, 0.15) is 28.3 Å². The van der Waals surface area contributed by atoms with E-state index >= 15 is 0 Å². The van der Waals surface area contributed by atoms with Gasteiger partial charge in [-0.25, -0.2) is 0 Å². The minimum atomic E-state index is -0.122. The second-order valence-electron chi connectivity index (χ2n) is 4.94. The molecule has 2 nitrogen and oxygen atoms in total. The molecule has 0 saturated heterocycles. The van der Waals surface area contributed by atoms with Crippen molar-refractivity contribution in [3.8, 4) is 5.75 Å². The molecule has 0 aromatic heterocycles. The van der Waals surface area contributed by atoms with E-state index in [1.165, 1.54) is 5.56 Å². The largest absolute Gasteiger partial charge is 0.493 e. The fourth-order valence-corrected chi connectivity index (χ4v) is 2.79. The van der Waals surface area contributed by atoms with Crippen molar-refractivity contribution in [3.63, 3.8) is 0 Å². The summed E-state index contributed by atoms with van der Waals surface area (Å²) in [7, 11) is 0. The normalized spacial score (nSPS) is 14.9. The Kier molecular flexibility index (Phi) is 3.21. The molecule has 3 heteroatoms. The van der Waals surface area contributed by atoms with Gasteiger partial charge in [0.25, 0.3) is 0 Å². The number of ether oxygens (including phenoxy) is 1. The van der Waals surface area contributed by atoms with E-state index in [0.29, 0.717) is 0 Å². The standard InChI is InChI=1S/C16H16ClNO/c1-10-8-13(17)3-4-14(10)16(18)12-2-5-15-11(9-12)6-7-19-15/h2-5,8-9,16H,6-7,18H2,1H3. The van der Waals surface area contributed by atoms with Crippen LogP contribution in [0.2, 0.25) is 5.02 Å². The van der Waals surface area contributed by atoms with Crippen LogP contribution in [0.15, 0.2) is 36.4 Å². The van der Waals surface area contributed by atoms with Crippen LogP contribution in [0.3, 0.4) is 0 Å². The summed E-state index contributed by atoms with van der Waals surface area (Å²) in [6.07, 6.45) is 0.968. The summed E-state index contributed by atoms with van der Waals surface area (Å²) in [5.74, 6) is 0.990. The molecule has 0 radical (unpaired) electrons. The molecule has 1 aliphatic rings. The number of rotatable bonds is 2. The van der Waals surface area contributed by atoms with E-state index in [1.807, 2.05) is 37.3 Å². The third kappa shape index (κ3) is 2.34. The highest BCUT2D eigenvalue weighted by Gasteiger charge is 2.16. The van der Waals surface area contributed by atoms with Crippen molar-refractivity contribution in [1.29, 1.82) is 0 Å². The molecule has 1 unspecified atom stereocenters. The maximum absolute atomic E-state index is 6.38. The first-order valence-corrected chi connectivity index (χ1v) is 6.80. The fraction of sp³-hybridized carbons (Fsp3) is 0.250. The summed E-state index contributed by atoms with van der Waals surface area (Å²) in [5.41, 5.74) is 11.0. The Labute approximate surface area is 118 Å². The van der Waals surface area contributed by atoms with Gasteiger partial charge in [-0.05, 0) is 47.4 Å². The van der Waals surface area contributed by atoms with Crippen molar-refractivity contribution < 1.29 is 4.74 Å². The van der Waals surface area contributed by atoms with Crippen LogP contribution < -0.4 is 10.5 Å². The topological polar surface area (TPSA) is 35.2 Å². The van der Waals surface area contributed by atoms with Crippen molar-refractivity contribution in [1.82, 2.24) is 0 Å². The van der Waals surface area contributed by atoms with Crippen LogP contribution in [-0.2, 0) is 6.42 Å². The Balaban J connectivity index is 1.97. The molecule has 1 heterocycles. The number of halogens is 1. The first-order valence-electron chi connectivity index (χ1n) is 6.42. The summed E-state index contributed by atoms with van der Waals surface area (Å²) in [6.45, 7) is 2.81. The maximum atomic E-state index is 6.38. The van der Waals surface area contributed by atoms with Gasteiger partial charge in [-0.2, -0.15) is 0 Å². The Hall–Kier alpha value is -1.51. The number of hydrogen-bond acceptors (Lipinski definition) is 2. The molecule has 0 amide bonds. The quantitative estimate of drug-likeness (QED) is 0.907. The third-order valence-electron chi connectivity index (χ3n) is 3.64. The predicted molar refractivity (Wildman–Crippen MR) is 77.9 cm³/mol. The highest BCUT2D eigenvalue weighted by molar-refractivity contribution is 6.30. The van der Waals surface area contributed by atoms with Crippen LogP contribution >= 0.6 is 11.6 Å². The zero-order valence-electron chi connectivity index (χ0n) is 10.8. The summed E-state index contributed by atoms with van der Waals surface area (Å²) < 4.78 is 5.52. The lowest BCUT2D eigenvalue weighted by Gasteiger charge is -2.16. The van der Waals surface area contributed by atoms with Crippen LogP contribution in [0.4, 0.5) is 0 Å². The van der Waals surface area contributed by atoms with Crippen molar-refractivity contribution >= 4 is 11.6 Å². The molecule has 0 fully saturated rings. The van der Waals surface area contributed by atoms with Crippen molar-refractivity contribution in [3.05, 3.63) is 63.7 Å². The molecule has 1 aliphatic heterocycles. The molecule has 2 aromatic rings. The molecular weight excluding hydrogens is 258 g/mol. The van der Waals surface area contributed by atoms with Gasteiger partial charge in [-0.1, -0.05) is 29.8 Å². The van der Waals surface area contributed by atoms with Crippen LogP contribution in [0.25, 0.3) is 0 Å². The smallest absolute Gasteiger partial charge is 0.122 e. The van der Waals surface area contributed by atoms with E-state index in [0.717, 1.165) is 40.5 Å². The Morgan fingerprint density at radius 1 is 1.21 bits per heavy atom. The van der Waals surface area contributed by atoms with E-state index in [2.05, 4.69) is 6.07 Å². The molecule has 0 bridgehead atoms. The van der Waals surface area contributed by atoms with Crippen molar-refractivity contribution in [2.45, 2.75) is 19.4 Å². The number of fused-ring (bicyclic) bond motifs is 1. The number of benzene rings is 2. The van der Waals surface area contributed by atoms with Gasteiger partial charge < -0.3 is 10.5 Å². The minimum absolute atomic E-state index is 0.122. The summed E-state index contributed by atoms with van der Waals surface area (Å²) in [5, 5.41) is 0.746. The van der Waals surface area contributed by atoms with Gasteiger partial charge in [0.05, 0.1) is 12.6 Å². The van der Waals surface area contributed by atoms with Gasteiger partial charge in [0.2, 0.25) is 0 Å². The Morgan fingerprint density at radius 2 is 2.05 bits per heavy atom. The lowest BCUT2D eigenvalue weighted by atomic mass is 9.94. The fourth-order valence-electron chi connectivity index (χ4n) is 2.57. The number of nitrogens with two attached hydrogens (primary N) is 1. The van der Waals surface area contributed by atoms with Gasteiger partial charge in [-0.15, -0.1) is 0 Å². The molecule has 0 spiro atoms. The minimum Gasteiger partial charge on any atom is -0.493 e. The van der Waals surface area contributed by atoms with E-state index in [-0.39, 0.29) is 6.04 Å². The average Bonchev–Trinajstić information content (AvgIpc) is 2.85. The predicted octanol–water partition coefficient (Wildman–Crippen LogP) is 3.63. The molecule has 2 N–H and O–H groups in total. The van der Waals surface area contributed by atoms with E-state index < -0.39 is 0 Å². The van der Waals surface area contributed by atoms with E-state index in [9.17, 15) is 0 Å². The Morgan fingerprint density at radius 3 is 2.84 bits per heavy atom. The molecule has 0 saturated carbocycles. The molecule has 0 aliphatic carbocycles. The number of aryl methyl sites for hydroxylation is 1. The second kappa shape index (κ2) is 4.87. The van der Waals surface area contributed by atoms with E-state index in [4.69, 9.17) is 22.1 Å². The van der Waals surface area contributed by atoms with Crippen LogP contribution in [0, 0.1) is 6.92 Å². The zero-order chi connectivity index (χ0) is 13.4. The highest BCUT2D eigenvalue weighted by Crippen LogP contribution is 2.31. The van der Waals surface area contributed by atoms with Gasteiger partial charge >= 0.3 is 0 Å². The van der Waals surface area contributed by atoms with Gasteiger partial charge in [0, 0.05) is 11.4 Å². The maximum Gasteiger partial charge on any atom is 0.122 e. The van der Waals surface area contributed by atoms with Crippen LogP contribution in [0.5, 0.6) is 5.75 Å². The number of hydrogen-bond donors (Lipinski definition) is 1. The summed E-state index contributed by atoms with van der Waals surface area (Å²) in [4.78, 5) is 0. The molecular formula is C16H16ClNO. The lowest BCUT2D eigenvalue weighted by molar-refractivity contribution is 0.357. The monoisotopic (exact) mass is 273 g/mol. The molecule has 1 atom stereocenters. The van der Waals surface area contributed by atoms with E-state index in [1.54, 1.807) is 0 Å². The second-order valence-corrected chi connectivity index (χ2v) is 5.38. The van der Waals surface area contributed by atoms with Crippen LogP contribution in [-0.4, -0.2) is 6.61 Å². The molecule has 98 valence electrons. The molecule has 19 heavy (non-hydrogen) atoms. The lowest BCUT2D eigenvalue weighted by Crippen LogP contribution is -2.13. The summed E-state index contributed by atoms with van der Waals surface area (Å²) >= 11 is 5.99. The first kappa shape index (κ1) is 12.5. The third-order valence-corrected chi connectivity index (χ3v) is 3.87. The molecule has 3 rings (SSSR count). The van der Waals surface area contributed by atoms with Crippen molar-refractivity contribution in [2.24, 2.45) is 5.73 Å². The SMILES string of the molecule is Cc1cc(Cl)ccc1C(N)c1ccc2c(c1)CCO2. The van der Waals surface area contributed by atoms with Crippen molar-refractivity contribution in [2.75, 3.05) is 6.61 Å². The first-order chi connectivity index (χ1) is 9.15. The highest BCUT2D eigenvalue weighted by atomic mass is 35.5. The Bertz CT molecular complexity index is 624.